The maximum absolute atomic E-state index is 13.1. The van der Waals surface area contributed by atoms with Crippen molar-refractivity contribution in [3.8, 4) is 5.75 Å². The average Bonchev–Trinajstić information content (AvgIpc) is 2.81. The van der Waals surface area contributed by atoms with E-state index in [-0.39, 0.29) is 21.6 Å². The van der Waals surface area contributed by atoms with Gasteiger partial charge in [-0.05, 0) is 43.4 Å². The molecule has 4 nitrogen and oxygen atoms in total. The zero-order chi connectivity index (χ0) is 18.4. The summed E-state index contributed by atoms with van der Waals surface area (Å²) in [5.41, 5.74) is 1.00. The quantitative estimate of drug-likeness (QED) is 0.767. The number of rotatable bonds is 4. The van der Waals surface area contributed by atoms with Crippen LogP contribution in [-0.4, -0.2) is 23.5 Å². The summed E-state index contributed by atoms with van der Waals surface area (Å²) in [6.07, 6.45) is 5.97. The second-order valence-electron chi connectivity index (χ2n) is 6.30. The Hall–Kier alpha value is -1.49. The van der Waals surface area contributed by atoms with Crippen LogP contribution in [0.1, 0.15) is 35.7 Å². The zero-order valence-electron chi connectivity index (χ0n) is 13.4. The number of carboxylic acid groups (broad SMARTS) is 1. The second kappa shape index (κ2) is 6.67. The number of carbonyl (C=O) groups is 2. The SMILES string of the molecule is CC1(C2=CCCC=C2Cl)Cc2cc(OCC(=O)O)c(Cl)c(Cl)c2C1=O. The van der Waals surface area contributed by atoms with Gasteiger partial charge >= 0.3 is 5.97 Å². The molecule has 0 radical (unpaired) electrons. The topological polar surface area (TPSA) is 63.6 Å². The predicted molar refractivity (Wildman–Crippen MR) is 97.0 cm³/mol. The Bertz CT molecular complexity index is 841. The number of benzene rings is 1. The van der Waals surface area contributed by atoms with Gasteiger partial charge in [-0.25, -0.2) is 4.79 Å². The molecule has 0 heterocycles. The third-order valence-corrected chi connectivity index (χ3v) is 5.78. The van der Waals surface area contributed by atoms with Gasteiger partial charge < -0.3 is 9.84 Å². The highest BCUT2D eigenvalue weighted by atomic mass is 35.5. The number of hydrogen-bond donors (Lipinski definition) is 1. The summed E-state index contributed by atoms with van der Waals surface area (Å²) in [6, 6.07) is 1.59. The molecule has 0 aliphatic heterocycles. The van der Waals surface area contributed by atoms with E-state index in [1.807, 2.05) is 19.1 Å². The van der Waals surface area contributed by atoms with E-state index in [4.69, 9.17) is 44.6 Å². The minimum Gasteiger partial charge on any atom is -0.480 e. The highest BCUT2D eigenvalue weighted by molar-refractivity contribution is 6.45. The fraction of sp³-hybridized carbons (Fsp3) is 0.333. The minimum absolute atomic E-state index is 0.0403. The summed E-state index contributed by atoms with van der Waals surface area (Å²) in [6.45, 7) is 1.30. The molecule has 0 bridgehead atoms. The fourth-order valence-corrected chi connectivity index (χ4v) is 4.27. The van der Waals surface area contributed by atoms with Crippen LogP contribution >= 0.6 is 34.8 Å². The molecule has 1 atom stereocenters. The lowest BCUT2D eigenvalue weighted by Gasteiger charge is -2.27. The van der Waals surface area contributed by atoms with Crippen molar-refractivity contribution in [1.82, 2.24) is 0 Å². The summed E-state index contributed by atoms with van der Waals surface area (Å²) in [4.78, 5) is 23.8. The van der Waals surface area contributed by atoms with Gasteiger partial charge in [0.1, 0.15) is 10.8 Å². The molecule has 25 heavy (non-hydrogen) atoms. The molecule has 0 aromatic heterocycles. The molecule has 0 fully saturated rings. The van der Waals surface area contributed by atoms with E-state index in [9.17, 15) is 9.59 Å². The molecular weight excluding hydrogens is 387 g/mol. The summed E-state index contributed by atoms with van der Waals surface area (Å²) in [7, 11) is 0. The van der Waals surface area contributed by atoms with Crippen LogP contribution in [0.15, 0.2) is 28.8 Å². The standard InChI is InChI=1S/C18H15Cl3O4/c1-18(10-4-2-3-5-11(10)19)7-9-6-12(25-8-13(22)23)15(20)16(21)14(9)17(18)24/h4-6H,2-3,7-8H2,1H3,(H,22,23). The molecule has 1 N–H and O–H groups in total. The van der Waals surface area contributed by atoms with E-state index < -0.39 is 18.0 Å². The van der Waals surface area contributed by atoms with Gasteiger partial charge in [-0.2, -0.15) is 0 Å². The van der Waals surface area contributed by atoms with Crippen molar-refractivity contribution in [2.24, 2.45) is 5.41 Å². The first kappa shape index (κ1) is 18.3. The van der Waals surface area contributed by atoms with Crippen molar-refractivity contribution < 1.29 is 19.4 Å². The van der Waals surface area contributed by atoms with Crippen molar-refractivity contribution in [1.29, 1.82) is 0 Å². The Morgan fingerprint density at radius 2 is 1.92 bits per heavy atom. The van der Waals surface area contributed by atoms with Crippen molar-refractivity contribution in [2.45, 2.75) is 26.2 Å². The number of Topliss-reactive ketones (excluding diaryl/α,β-unsaturated/α-hetero) is 1. The highest BCUT2D eigenvalue weighted by Gasteiger charge is 2.47. The van der Waals surface area contributed by atoms with Crippen LogP contribution in [-0.2, 0) is 11.2 Å². The van der Waals surface area contributed by atoms with Gasteiger partial charge in [0.15, 0.2) is 12.4 Å². The molecule has 1 unspecified atom stereocenters. The molecule has 1 aromatic rings. The van der Waals surface area contributed by atoms with Crippen LogP contribution in [0.25, 0.3) is 0 Å². The normalized spacial score (nSPS) is 22.3. The molecule has 0 saturated carbocycles. The van der Waals surface area contributed by atoms with Gasteiger partial charge in [-0.15, -0.1) is 0 Å². The van der Waals surface area contributed by atoms with Crippen LogP contribution < -0.4 is 4.74 Å². The Kier molecular flexibility index (Phi) is 4.89. The molecule has 0 amide bonds. The Balaban J connectivity index is 2.04. The third-order valence-electron chi connectivity index (χ3n) is 4.57. The average molecular weight is 402 g/mol. The van der Waals surface area contributed by atoms with Crippen molar-refractivity contribution >= 4 is 46.6 Å². The lowest BCUT2D eigenvalue weighted by Crippen LogP contribution is -2.27. The minimum atomic E-state index is -1.13. The van der Waals surface area contributed by atoms with Crippen molar-refractivity contribution in [3.63, 3.8) is 0 Å². The van der Waals surface area contributed by atoms with Crippen LogP contribution in [0.3, 0.4) is 0 Å². The van der Waals surface area contributed by atoms with Gasteiger partial charge in [0, 0.05) is 10.6 Å². The van der Waals surface area contributed by atoms with Gasteiger partial charge in [0.2, 0.25) is 0 Å². The van der Waals surface area contributed by atoms with Crippen LogP contribution in [0.5, 0.6) is 5.75 Å². The molecular formula is C18H15Cl3O4. The zero-order valence-corrected chi connectivity index (χ0v) is 15.6. The van der Waals surface area contributed by atoms with Crippen molar-refractivity contribution in [2.75, 3.05) is 6.61 Å². The maximum atomic E-state index is 13.1. The largest absolute Gasteiger partial charge is 0.480 e. The molecule has 0 saturated heterocycles. The number of ether oxygens (including phenoxy) is 1. The second-order valence-corrected chi connectivity index (χ2v) is 7.47. The lowest BCUT2D eigenvalue weighted by molar-refractivity contribution is -0.139. The van der Waals surface area contributed by atoms with Crippen LogP contribution in [0, 0.1) is 5.41 Å². The number of carbonyl (C=O) groups excluding carboxylic acids is 1. The predicted octanol–water partition coefficient (Wildman–Crippen LogP) is 5.04. The summed E-state index contributed by atoms with van der Waals surface area (Å²) < 4.78 is 5.20. The molecule has 132 valence electrons. The number of aliphatic carboxylic acids is 1. The Labute approximate surface area is 160 Å². The van der Waals surface area contributed by atoms with E-state index in [1.165, 1.54) is 0 Å². The summed E-state index contributed by atoms with van der Waals surface area (Å²) in [5.74, 6) is -1.11. The number of carboxylic acids is 1. The van der Waals surface area contributed by atoms with Gasteiger partial charge in [0.25, 0.3) is 0 Å². The molecule has 3 rings (SSSR count). The van der Waals surface area contributed by atoms with Gasteiger partial charge in [0.05, 0.1) is 10.4 Å². The molecule has 7 heteroatoms. The third kappa shape index (κ3) is 3.07. The first-order valence-corrected chi connectivity index (χ1v) is 8.86. The van der Waals surface area contributed by atoms with Crippen LogP contribution in [0.4, 0.5) is 0 Å². The Morgan fingerprint density at radius 3 is 2.56 bits per heavy atom. The van der Waals surface area contributed by atoms with E-state index >= 15 is 0 Å². The lowest BCUT2D eigenvalue weighted by atomic mass is 9.76. The summed E-state index contributed by atoms with van der Waals surface area (Å²) >= 11 is 18.8. The summed E-state index contributed by atoms with van der Waals surface area (Å²) in [5, 5.41) is 9.48. The molecule has 1 aromatic carbocycles. The fourth-order valence-electron chi connectivity index (χ4n) is 3.37. The molecule has 2 aliphatic rings. The number of allylic oxidation sites excluding steroid dienone is 4. The first-order valence-electron chi connectivity index (χ1n) is 7.72. The monoisotopic (exact) mass is 400 g/mol. The van der Waals surface area contributed by atoms with E-state index in [1.54, 1.807) is 6.07 Å². The van der Waals surface area contributed by atoms with Gasteiger partial charge in [-0.3, -0.25) is 4.79 Å². The van der Waals surface area contributed by atoms with Crippen molar-refractivity contribution in [3.05, 3.63) is 50.0 Å². The number of halogens is 3. The maximum Gasteiger partial charge on any atom is 0.341 e. The van der Waals surface area contributed by atoms with Crippen LogP contribution in [0.2, 0.25) is 10.0 Å². The highest BCUT2D eigenvalue weighted by Crippen LogP contribution is 2.51. The molecule has 2 aliphatic carbocycles. The van der Waals surface area contributed by atoms with E-state index in [2.05, 4.69) is 0 Å². The number of fused-ring (bicyclic) bond motifs is 1. The van der Waals surface area contributed by atoms with Gasteiger partial charge in [-0.1, -0.05) is 47.0 Å². The van der Waals surface area contributed by atoms with E-state index in [0.29, 0.717) is 22.6 Å². The Morgan fingerprint density at radius 1 is 1.24 bits per heavy atom. The van der Waals surface area contributed by atoms with E-state index in [0.717, 1.165) is 18.4 Å². The number of ketones is 1. The number of hydrogen-bond acceptors (Lipinski definition) is 3. The smallest absolute Gasteiger partial charge is 0.341 e. The first-order chi connectivity index (χ1) is 11.8. The molecule has 0 spiro atoms.